The Morgan fingerprint density at radius 3 is 2.68 bits per heavy atom. The number of ether oxygens (including phenoxy) is 1. The van der Waals surface area contributed by atoms with Gasteiger partial charge in [-0.1, -0.05) is 35.9 Å². The summed E-state index contributed by atoms with van der Waals surface area (Å²) in [5.41, 5.74) is 3.93. The van der Waals surface area contributed by atoms with Crippen LogP contribution in [0.25, 0.3) is 0 Å². The van der Waals surface area contributed by atoms with E-state index < -0.39 is 0 Å². The molecule has 0 saturated heterocycles. The van der Waals surface area contributed by atoms with Gasteiger partial charge in [0.2, 0.25) is 5.95 Å². The minimum absolute atomic E-state index is 0.247. The highest BCUT2D eigenvalue weighted by Crippen LogP contribution is 2.31. The molecule has 1 heterocycles. The van der Waals surface area contributed by atoms with Gasteiger partial charge in [-0.25, -0.2) is 9.97 Å². The van der Waals surface area contributed by atoms with Gasteiger partial charge >= 0.3 is 0 Å². The molecule has 144 valence electrons. The largest absolute Gasteiger partial charge is 0.495 e. The van der Waals surface area contributed by atoms with E-state index in [4.69, 9.17) is 16.3 Å². The van der Waals surface area contributed by atoms with Crippen LogP contribution in [-0.2, 0) is 6.54 Å². The Hall–Kier alpha value is -3.12. The number of carbonyl (C=O) groups is 1. The zero-order valence-electron chi connectivity index (χ0n) is 15.9. The molecule has 0 spiro atoms. The van der Waals surface area contributed by atoms with Crippen molar-refractivity contribution in [3.05, 3.63) is 76.1 Å². The first-order chi connectivity index (χ1) is 13.5. The van der Waals surface area contributed by atoms with Crippen LogP contribution in [0.4, 0.5) is 11.6 Å². The number of nitrogens with zero attached hydrogens (tertiary/aromatic N) is 2. The van der Waals surface area contributed by atoms with Crippen LogP contribution >= 0.6 is 11.6 Å². The highest BCUT2D eigenvalue weighted by Gasteiger charge is 2.14. The summed E-state index contributed by atoms with van der Waals surface area (Å²) in [5.74, 6) is 0.507. The van der Waals surface area contributed by atoms with Crippen molar-refractivity contribution in [3.8, 4) is 5.75 Å². The van der Waals surface area contributed by atoms with Gasteiger partial charge in [0, 0.05) is 23.8 Å². The van der Waals surface area contributed by atoms with Crippen LogP contribution in [0.1, 0.15) is 27.2 Å². The van der Waals surface area contributed by atoms with Gasteiger partial charge in [0.05, 0.1) is 12.8 Å². The van der Waals surface area contributed by atoms with Gasteiger partial charge in [0.1, 0.15) is 11.4 Å². The van der Waals surface area contributed by atoms with Gasteiger partial charge in [-0.15, -0.1) is 0 Å². The van der Waals surface area contributed by atoms with Gasteiger partial charge in [0.15, 0.2) is 0 Å². The van der Waals surface area contributed by atoms with E-state index in [0.717, 1.165) is 11.1 Å². The quantitative estimate of drug-likeness (QED) is 0.635. The lowest BCUT2D eigenvalue weighted by Crippen LogP contribution is -2.16. The molecule has 0 saturated carbocycles. The van der Waals surface area contributed by atoms with Crippen molar-refractivity contribution in [2.75, 3.05) is 17.7 Å². The number of rotatable bonds is 6. The fourth-order valence-electron chi connectivity index (χ4n) is 2.67. The van der Waals surface area contributed by atoms with Crippen molar-refractivity contribution < 1.29 is 9.53 Å². The van der Waals surface area contributed by atoms with Gasteiger partial charge in [0.25, 0.3) is 5.91 Å². The average molecular weight is 397 g/mol. The highest BCUT2D eigenvalue weighted by atomic mass is 35.5. The standard InChI is InChI=1S/C21H21ClN4O2/c1-13-6-4-5-7-15(13)12-24-21-23-9-8-17(26-21)20(27)25-18-10-14(2)16(22)11-19(18)28-3/h4-11H,12H2,1-3H3,(H,25,27)(H,23,24,26). The number of aromatic nitrogens is 2. The van der Waals surface area contributed by atoms with Gasteiger partial charge < -0.3 is 15.4 Å². The number of carbonyl (C=O) groups excluding carboxylic acids is 1. The van der Waals surface area contributed by atoms with Gasteiger partial charge in [-0.2, -0.15) is 0 Å². The SMILES string of the molecule is COc1cc(Cl)c(C)cc1NC(=O)c1ccnc(NCc2ccccc2C)n1. The fraction of sp³-hybridized carbons (Fsp3) is 0.190. The number of hydrogen-bond donors (Lipinski definition) is 2. The molecule has 2 N–H and O–H groups in total. The van der Waals surface area contributed by atoms with E-state index >= 15 is 0 Å². The normalized spacial score (nSPS) is 10.4. The molecular weight excluding hydrogens is 376 g/mol. The zero-order valence-corrected chi connectivity index (χ0v) is 16.7. The monoisotopic (exact) mass is 396 g/mol. The van der Waals surface area contributed by atoms with Crippen molar-refractivity contribution in [3.63, 3.8) is 0 Å². The molecule has 28 heavy (non-hydrogen) atoms. The summed E-state index contributed by atoms with van der Waals surface area (Å²) in [6.45, 7) is 4.47. The molecule has 1 amide bonds. The predicted molar refractivity (Wildman–Crippen MR) is 111 cm³/mol. The maximum atomic E-state index is 12.6. The number of aryl methyl sites for hydroxylation is 2. The minimum Gasteiger partial charge on any atom is -0.495 e. The van der Waals surface area contributed by atoms with Crippen LogP contribution in [0.5, 0.6) is 5.75 Å². The Labute approximate surface area is 168 Å². The Kier molecular flexibility index (Phi) is 6.11. The lowest BCUT2D eigenvalue weighted by molar-refractivity contribution is 0.102. The van der Waals surface area contributed by atoms with Crippen LogP contribution in [0.15, 0.2) is 48.7 Å². The number of methoxy groups -OCH3 is 1. The molecule has 0 unspecified atom stereocenters. The number of hydrogen-bond acceptors (Lipinski definition) is 5. The van der Waals surface area contributed by atoms with Crippen molar-refractivity contribution in [2.24, 2.45) is 0 Å². The number of halogens is 1. The lowest BCUT2D eigenvalue weighted by atomic mass is 10.1. The van der Waals surface area contributed by atoms with E-state index in [1.165, 1.54) is 12.7 Å². The minimum atomic E-state index is -0.360. The summed E-state index contributed by atoms with van der Waals surface area (Å²) in [4.78, 5) is 21.1. The first-order valence-corrected chi connectivity index (χ1v) is 9.12. The molecule has 0 radical (unpaired) electrons. The summed E-state index contributed by atoms with van der Waals surface area (Å²) in [5, 5.41) is 6.54. The van der Waals surface area contributed by atoms with Gasteiger partial charge in [-0.3, -0.25) is 4.79 Å². The van der Waals surface area contributed by atoms with Gasteiger partial charge in [-0.05, 0) is 42.7 Å². The second kappa shape index (κ2) is 8.71. The molecular formula is C21H21ClN4O2. The van der Waals surface area contributed by atoms with Crippen LogP contribution in [0, 0.1) is 13.8 Å². The number of nitrogens with one attached hydrogen (secondary N) is 2. The summed E-state index contributed by atoms with van der Waals surface area (Å²) >= 11 is 6.11. The first-order valence-electron chi connectivity index (χ1n) is 8.75. The molecule has 0 aliphatic heterocycles. The summed E-state index contributed by atoms with van der Waals surface area (Å²) in [6.07, 6.45) is 1.55. The van der Waals surface area contributed by atoms with E-state index in [1.54, 1.807) is 24.4 Å². The molecule has 3 rings (SSSR count). The second-order valence-electron chi connectivity index (χ2n) is 6.30. The molecule has 7 heteroatoms. The predicted octanol–water partition coefficient (Wildman–Crippen LogP) is 4.62. The maximum absolute atomic E-state index is 12.6. The zero-order chi connectivity index (χ0) is 20.1. The highest BCUT2D eigenvalue weighted by molar-refractivity contribution is 6.31. The summed E-state index contributed by atoms with van der Waals surface area (Å²) < 4.78 is 5.30. The summed E-state index contributed by atoms with van der Waals surface area (Å²) in [6, 6.07) is 13.0. The maximum Gasteiger partial charge on any atom is 0.274 e. The molecule has 3 aromatic rings. The van der Waals surface area contributed by atoms with Crippen LogP contribution in [0.3, 0.4) is 0 Å². The van der Waals surface area contributed by atoms with Crippen LogP contribution in [-0.4, -0.2) is 23.0 Å². The van der Waals surface area contributed by atoms with E-state index in [-0.39, 0.29) is 11.6 Å². The Bertz CT molecular complexity index is 1010. The molecule has 6 nitrogen and oxygen atoms in total. The number of anilines is 2. The van der Waals surface area contributed by atoms with E-state index in [0.29, 0.717) is 29.0 Å². The summed E-state index contributed by atoms with van der Waals surface area (Å²) in [7, 11) is 1.52. The van der Waals surface area contributed by atoms with Crippen LogP contribution in [0.2, 0.25) is 5.02 Å². The Balaban J connectivity index is 1.74. The first kappa shape index (κ1) is 19.6. The molecule has 0 atom stereocenters. The average Bonchev–Trinajstić information content (AvgIpc) is 2.70. The van der Waals surface area contributed by atoms with Crippen molar-refractivity contribution in [2.45, 2.75) is 20.4 Å². The van der Waals surface area contributed by atoms with Crippen molar-refractivity contribution in [1.82, 2.24) is 9.97 Å². The second-order valence-corrected chi connectivity index (χ2v) is 6.71. The fourth-order valence-corrected chi connectivity index (χ4v) is 2.82. The third-order valence-corrected chi connectivity index (χ3v) is 4.72. The Morgan fingerprint density at radius 2 is 1.93 bits per heavy atom. The topological polar surface area (TPSA) is 76.1 Å². The number of amides is 1. The lowest BCUT2D eigenvalue weighted by Gasteiger charge is -2.12. The van der Waals surface area contributed by atoms with Crippen molar-refractivity contribution >= 4 is 29.1 Å². The van der Waals surface area contributed by atoms with Crippen molar-refractivity contribution in [1.29, 1.82) is 0 Å². The van der Waals surface area contributed by atoms with E-state index in [9.17, 15) is 4.79 Å². The van der Waals surface area contributed by atoms with Crippen LogP contribution < -0.4 is 15.4 Å². The number of benzene rings is 2. The molecule has 1 aromatic heterocycles. The Morgan fingerprint density at radius 1 is 1.14 bits per heavy atom. The molecule has 2 aromatic carbocycles. The molecule has 0 bridgehead atoms. The third-order valence-electron chi connectivity index (χ3n) is 4.32. The molecule has 0 fully saturated rings. The molecule has 0 aliphatic rings. The van der Waals surface area contributed by atoms with E-state index in [2.05, 4.69) is 20.6 Å². The third kappa shape index (κ3) is 4.58. The molecule has 0 aliphatic carbocycles. The van der Waals surface area contributed by atoms with E-state index in [1.807, 2.05) is 38.1 Å². The smallest absolute Gasteiger partial charge is 0.274 e.